The Labute approximate surface area is 97.0 Å². The van der Waals surface area contributed by atoms with E-state index in [1.165, 1.54) is 0 Å². The molecule has 1 atom stereocenters. The summed E-state index contributed by atoms with van der Waals surface area (Å²) in [6.07, 6.45) is -0.471. The van der Waals surface area contributed by atoms with Crippen LogP contribution in [0.25, 0.3) is 0 Å². The first kappa shape index (κ1) is 10.7. The highest BCUT2D eigenvalue weighted by Crippen LogP contribution is 2.13. The van der Waals surface area contributed by atoms with E-state index in [9.17, 15) is 5.11 Å². The fourth-order valence-electron chi connectivity index (χ4n) is 1.56. The second kappa shape index (κ2) is 5.33. The van der Waals surface area contributed by atoms with Crippen molar-refractivity contribution in [2.24, 2.45) is 0 Å². The van der Waals surface area contributed by atoms with Crippen molar-refractivity contribution >= 4 is 5.69 Å². The van der Waals surface area contributed by atoms with Gasteiger partial charge in [-0.2, -0.15) is 0 Å². The molecule has 0 amide bonds. The third-order valence-electron chi connectivity index (χ3n) is 2.46. The maximum atomic E-state index is 9.92. The molecule has 0 saturated heterocycles. The number of aliphatic hydroxyl groups is 1. The van der Waals surface area contributed by atoms with Crippen molar-refractivity contribution in [2.75, 3.05) is 11.9 Å². The number of hydrogen-bond acceptors (Lipinski definition) is 2. The molecule has 0 fully saturated rings. The number of aliphatic hydroxyl groups excluding tert-OH is 1. The van der Waals surface area contributed by atoms with Gasteiger partial charge in [0.05, 0.1) is 6.10 Å². The summed E-state index contributed by atoms with van der Waals surface area (Å²) in [5.74, 6) is 0. The second-order valence-electron chi connectivity index (χ2n) is 3.67. The van der Waals surface area contributed by atoms with Crippen molar-refractivity contribution in [2.45, 2.75) is 6.10 Å². The summed E-state index contributed by atoms with van der Waals surface area (Å²) >= 11 is 0. The summed E-state index contributed by atoms with van der Waals surface area (Å²) < 4.78 is 0. The molecule has 2 aromatic rings. The average Bonchev–Trinajstić information content (AvgIpc) is 2.38. The largest absolute Gasteiger partial charge is 0.387 e. The lowest BCUT2D eigenvalue weighted by Gasteiger charge is -2.12. The molecule has 0 aliphatic carbocycles. The SMILES string of the molecule is OC(CNc1ccccc1)c1ccccc1.[HH]. The zero-order valence-electron chi connectivity index (χ0n) is 9.01. The van der Waals surface area contributed by atoms with Crippen LogP contribution in [0.15, 0.2) is 60.7 Å². The number of benzene rings is 2. The van der Waals surface area contributed by atoms with Gasteiger partial charge in [0.25, 0.3) is 0 Å². The predicted octanol–water partition coefficient (Wildman–Crippen LogP) is 3.08. The molecule has 0 radical (unpaired) electrons. The van der Waals surface area contributed by atoms with Gasteiger partial charge < -0.3 is 10.4 Å². The predicted molar refractivity (Wildman–Crippen MR) is 68.4 cm³/mol. The van der Waals surface area contributed by atoms with Crippen LogP contribution in [0.1, 0.15) is 13.1 Å². The molecular formula is C14H17NO. The van der Waals surface area contributed by atoms with Gasteiger partial charge in [0.2, 0.25) is 0 Å². The van der Waals surface area contributed by atoms with Crippen LogP contribution in [0.5, 0.6) is 0 Å². The van der Waals surface area contributed by atoms with E-state index < -0.39 is 6.10 Å². The first-order chi connectivity index (χ1) is 7.86. The van der Waals surface area contributed by atoms with Gasteiger partial charge >= 0.3 is 0 Å². The van der Waals surface area contributed by atoms with Crippen molar-refractivity contribution in [3.05, 3.63) is 66.2 Å². The van der Waals surface area contributed by atoms with Crippen LogP contribution in [0, 0.1) is 0 Å². The molecule has 2 aromatic carbocycles. The van der Waals surface area contributed by atoms with Gasteiger partial charge in [-0.15, -0.1) is 0 Å². The quantitative estimate of drug-likeness (QED) is 0.821. The molecule has 2 N–H and O–H groups in total. The van der Waals surface area contributed by atoms with Crippen molar-refractivity contribution in [1.82, 2.24) is 0 Å². The molecule has 0 aromatic heterocycles. The number of rotatable bonds is 4. The molecule has 1 unspecified atom stereocenters. The van der Waals surface area contributed by atoms with E-state index in [-0.39, 0.29) is 1.43 Å². The minimum atomic E-state index is -0.471. The molecule has 2 nitrogen and oxygen atoms in total. The highest BCUT2D eigenvalue weighted by molar-refractivity contribution is 5.42. The number of para-hydroxylation sites is 1. The molecule has 84 valence electrons. The Bertz CT molecular complexity index is 419. The molecule has 0 saturated carbocycles. The van der Waals surface area contributed by atoms with E-state index in [0.717, 1.165) is 11.3 Å². The van der Waals surface area contributed by atoms with E-state index >= 15 is 0 Å². The number of hydrogen-bond donors (Lipinski definition) is 2. The van der Waals surface area contributed by atoms with Gasteiger partial charge in [-0.3, -0.25) is 0 Å². The first-order valence-electron chi connectivity index (χ1n) is 5.38. The third kappa shape index (κ3) is 2.84. The van der Waals surface area contributed by atoms with Crippen LogP contribution in [-0.4, -0.2) is 11.7 Å². The summed E-state index contributed by atoms with van der Waals surface area (Å²) in [7, 11) is 0. The molecule has 0 aliphatic heterocycles. The molecule has 2 heteroatoms. The van der Waals surface area contributed by atoms with Crippen LogP contribution in [0.4, 0.5) is 5.69 Å². The summed E-state index contributed by atoms with van der Waals surface area (Å²) in [5, 5.41) is 13.1. The van der Waals surface area contributed by atoms with Crippen LogP contribution in [0.2, 0.25) is 0 Å². The Balaban J connectivity index is 0.00000144. The summed E-state index contributed by atoms with van der Waals surface area (Å²) in [5.41, 5.74) is 1.96. The summed E-state index contributed by atoms with van der Waals surface area (Å²) in [6.45, 7) is 0.522. The van der Waals surface area contributed by atoms with E-state index in [1.54, 1.807) is 0 Å². The minimum Gasteiger partial charge on any atom is -0.387 e. The maximum absolute atomic E-state index is 9.92. The lowest BCUT2D eigenvalue weighted by atomic mass is 10.1. The number of anilines is 1. The Kier molecular flexibility index (Phi) is 3.57. The zero-order chi connectivity index (χ0) is 11.2. The Morgan fingerprint density at radius 3 is 2.12 bits per heavy atom. The molecule has 2 rings (SSSR count). The van der Waals surface area contributed by atoms with Crippen LogP contribution < -0.4 is 5.32 Å². The molecule has 16 heavy (non-hydrogen) atoms. The minimum absolute atomic E-state index is 0. The molecule has 0 spiro atoms. The lowest BCUT2D eigenvalue weighted by Crippen LogP contribution is -2.11. The fraction of sp³-hybridized carbons (Fsp3) is 0.143. The monoisotopic (exact) mass is 215 g/mol. The van der Waals surface area contributed by atoms with Gasteiger partial charge in [-0.1, -0.05) is 48.5 Å². The molecule has 0 bridgehead atoms. The van der Waals surface area contributed by atoms with E-state index in [0.29, 0.717) is 6.54 Å². The van der Waals surface area contributed by atoms with Crippen LogP contribution in [0.3, 0.4) is 0 Å². The topological polar surface area (TPSA) is 32.3 Å². The normalized spacial score (nSPS) is 12.1. The van der Waals surface area contributed by atoms with Gasteiger partial charge in [0, 0.05) is 13.7 Å². The fourth-order valence-corrected chi connectivity index (χ4v) is 1.56. The maximum Gasteiger partial charge on any atom is 0.0962 e. The number of nitrogens with one attached hydrogen (secondary N) is 1. The van der Waals surface area contributed by atoms with Gasteiger partial charge in [0.1, 0.15) is 0 Å². The Morgan fingerprint density at radius 1 is 0.938 bits per heavy atom. The third-order valence-corrected chi connectivity index (χ3v) is 2.46. The highest BCUT2D eigenvalue weighted by Gasteiger charge is 2.05. The Morgan fingerprint density at radius 2 is 1.50 bits per heavy atom. The molecule has 0 aliphatic rings. The Hall–Kier alpha value is -1.80. The first-order valence-corrected chi connectivity index (χ1v) is 5.38. The summed E-state index contributed by atoms with van der Waals surface area (Å²) in [6, 6.07) is 19.5. The van der Waals surface area contributed by atoms with Crippen molar-refractivity contribution in [3.8, 4) is 0 Å². The van der Waals surface area contributed by atoms with Crippen molar-refractivity contribution in [1.29, 1.82) is 0 Å². The smallest absolute Gasteiger partial charge is 0.0962 e. The zero-order valence-corrected chi connectivity index (χ0v) is 9.01. The lowest BCUT2D eigenvalue weighted by molar-refractivity contribution is 0.191. The van der Waals surface area contributed by atoms with Gasteiger partial charge in [-0.05, 0) is 17.7 Å². The van der Waals surface area contributed by atoms with E-state index in [4.69, 9.17) is 0 Å². The van der Waals surface area contributed by atoms with Gasteiger partial charge in [-0.25, -0.2) is 0 Å². The van der Waals surface area contributed by atoms with Crippen molar-refractivity contribution < 1.29 is 6.53 Å². The average molecular weight is 215 g/mol. The van der Waals surface area contributed by atoms with Crippen LogP contribution >= 0.6 is 0 Å². The standard InChI is InChI=1S/C14H15NO.H2/c16-14(12-7-3-1-4-8-12)11-15-13-9-5-2-6-10-13;/h1-10,14-16H,11H2;1H. The molecule has 0 heterocycles. The summed E-state index contributed by atoms with van der Waals surface area (Å²) in [4.78, 5) is 0. The highest BCUT2D eigenvalue weighted by atomic mass is 16.3. The van der Waals surface area contributed by atoms with E-state index in [1.807, 2.05) is 60.7 Å². The molecular weight excluding hydrogens is 198 g/mol. The van der Waals surface area contributed by atoms with Gasteiger partial charge in [0.15, 0.2) is 0 Å². The van der Waals surface area contributed by atoms with Crippen molar-refractivity contribution in [3.63, 3.8) is 0 Å². The van der Waals surface area contributed by atoms with Crippen LogP contribution in [-0.2, 0) is 0 Å². The second-order valence-corrected chi connectivity index (χ2v) is 3.67. The van der Waals surface area contributed by atoms with E-state index in [2.05, 4.69) is 5.32 Å².